The Bertz CT molecular complexity index is 392. The molecule has 1 aliphatic carbocycles. The maximum atomic E-state index is 12.3. The minimum atomic E-state index is 0.250. The number of hydrogen-bond donors (Lipinski definition) is 0. The summed E-state index contributed by atoms with van der Waals surface area (Å²) in [6, 6.07) is 3.76. The summed E-state index contributed by atoms with van der Waals surface area (Å²) in [5.41, 5.74) is 1.77. The van der Waals surface area contributed by atoms with Gasteiger partial charge < -0.3 is 0 Å². The highest BCUT2D eigenvalue weighted by atomic mass is 16.1. The molecule has 2 heteroatoms. The number of hydrogen-bond acceptors (Lipinski definition) is 2. The molecule has 0 N–H and O–H groups in total. The summed E-state index contributed by atoms with van der Waals surface area (Å²) in [6.45, 7) is 4.18. The van der Waals surface area contributed by atoms with Crippen LogP contribution in [0.4, 0.5) is 0 Å². The van der Waals surface area contributed by atoms with Gasteiger partial charge in [-0.15, -0.1) is 0 Å². The van der Waals surface area contributed by atoms with Crippen LogP contribution in [0.15, 0.2) is 18.3 Å². The lowest BCUT2D eigenvalue weighted by Gasteiger charge is -2.26. The van der Waals surface area contributed by atoms with Crippen LogP contribution in [0.1, 0.15) is 55.1 Å². The lowest BCUT2D eigenvalue weighted by Crippen LogP contribution is -2.21. The summed E-state index contributed by atoms with van der Waals surface area (Å²) >= 11 is 0. The highest BCUT2D eigenvalue weighted by molar-refractivity contribution is 5.97. The second-order valence-corrected chi connectivity index (χ2v) is 5.18. The topological polar surface area (TPSA) is 30.0 Å². The van der Waals surface area contributed by atoms with E-state index in [-0.39, 0.29) is 5.92 Å². The van der Waals surface area contributed by atoms with Gasteiger partial charge in [0.15, 0.2) is 5.78 Å². The standard InChI is InChI=1S/C15H21NO/c1-3-12-4-6-13(7-5-12)15(17)14-8-9-16-11(2)10-14/h8-10,12-13H,3-7H2,1-2H3. The van der Waals surface area contributed by atoms with E-state index in [2.05, 4.69) is 11.9 Å². The Morgan fingerprint density at radius 1 is 1.35 bits per heavy atom. The fourth-order valence-electron chi connectivity index (χ4n) is 2.77. The van der Waals surface area contributed by atoms with Gasteiger partial charge in [-0.25, -0.2) is 0 Å². The fourth-order valence-corrected chi connectivity index (χ4v) is 2.77. The van der Waals surface area contributed by atoms with E-state index in [0.717, 1.165) is 30.0 Å². The average Bonchev–Trinajstić information content (AvgIpc) is 2.38. The van der Waals surface area contributed by atoms with Gasteiger partial charge in [-0.05, 0) is 50.7 Å². The number of carbonyl (C=O) groups is 1. The smallest absolute Gasteiger partial charge is 0.166 e. The first-order valence-electron chi connectivity index (χ1n) is 6.67. The van der Waals surface area contributed by atoms with Crippen LogP contribution < -0.4 is 0 Å². The molecule has 0 amide bonds. The van der Waals surface area contributed by atoms with Crippen molar-refractivity contribution < 1.29 is 4.79 Å². The van der Waals surface area contributed by atoms with Crippen LogP contribution in [0.25, 0.3) is 0 Å². The third-order valence-electron chi connectivity index (χ3n) is 3.98. The van der Waals surface area contributed by atoms with Crippen molar-refractivity contribution in [3.05, 3.63) is 29.6 Å². The van der Waals surface area contributed by atoms with Crippen LogP contribution in [0.3, 0.4) is 0 Å². The quantitative estimate of drug-likeness (QED) is 0.741. The molecule has 17 heavy (non-hydrogen) atoms. The molecule has 0 radical (unpaired) electrons. The molecule has 0 aliphatic heterocycles. The molecular weight excluding hydrogens is 210 g/mol. The Balaban J connectivity index is 2.02. The summed E-state index contributed by atoms with van der Waals surface area (Å²) in [5, 5.41) is 0. The minimum absolute atomic E-state index is 0.250. The van der Waals surface area contributed by atoms with Crippen LogP contribution in [0.2, 0.25) is 0 Å². The van der Waals surface area contributed by atoms with Crippen molar-refractivity contribution in [2.24, 2.45) is 11.8 Å². The SMILES string of the molecule is CCC1CCC(C(=O)c2ccnc(C)c2)CC1. The van der Waals surface area contributed by atoms with Gasteiger partial charge in [0.2, 0.25) is 0 Å². The molecule has 1 heterocycles. The van der Waals surface area contributed by atoms with Crippen LogP contribution in [0.5, 0.6) is 0 Å². The Hall–Kier alpha value is -1.18. The van der Waals surface area contributed by atoms with E-state index in [1.807, 2.05) is 19.1 Å². The maximum absolute atomic E-state index is 12.3. The second kappa shape index (κ2) is 5.44. The molecule has 0 unspecified atom stereocenters. The van der Waals surface area contributed by atoms with E-state index in [4.69, 9.17) is 0 Å². The van der Waals surface area contributed by atoms with Crippen LogP contribution in [-0.2, 0) is 0 Å². The third kappa shape index (κ3) is 2.93. The highest BCUT2D eigenvalue weighted by Crippen LogP contribution is 2.32. The summed E-state index contributed by atoms with van der Waals surface area (Å²) in [6.07, 6.45) is 7.57. The first kappa shape index (κ1) is 12.3. The highest BCUT2D eigenvalue weighted by Gasteiger charge is 2.26. The van der Waals surface area contributed by atoms with Crippen LogP contribution >= 0.6 is 0 Å². The molecule has 92 valence electrons. The van der Waals surface area contributed by atoms with Crippen molar-refractivity contribution in [2.45, 2.75) is 46.0 Å². The number of nitrogens with zero attached hydrogens (tertiary/aromatic N) is 1. The van der Waals surface area contributed by atoms with Gasteiger partial charge in [-0.2, -0.15) is 0 Å². The predicted molar refractivity (Wildman–Crippen MR) is 69.0 cm³/mol. The molecule has 0 saturated heterocycles. The van der Waals surface area contributed by atoms with Gasteiger partial charge in [0.25, 0.3) is 0 Å². The zero-order valence-corrected chi connectivity index (χ0v) is 10.8. The molecule has 0 atom stereocenters. The number of rotatable bonds is 3. The van der Waals surface area contributed by atoms with E-state index >= 15 is 0 Å². The van der Waals surface area contributed by atoms with Crippen molar-refractivity contribution in [3.8, 4) is 0 Å². The number of ketones is 1. The number of pyridine rings is 1. The van der Waals surface area contributed by atoms with Crippen LogP contribution in [0, 0.1) is 18.8 Å². The predicted octanol–water partition coefficient (Wildman–Crippen LogP) is 3.79. The van der Waals surface area contributed by atoms with E-state index in [1.54, 1.807) is 6.20 Å². The number of aryl methyl sites for hydroxylation is 1. The van der Waals surface area contributed by atoms with Gasteiger partial charge in [0.1, 0.15) is 0 Å². The van der Waals surface area contributed by atoms with Crippen molar-refractivity contribution in [3.63, 3.8) is 0 Å². The number of Topliss-reactive ketones (excluding diaryl/α,β-unsaturated/α-hetero) is 1. The molecule has 2 rings (SSSR count). The van der Waals surface area contributed by atoms with E-state index in [9.17, 15) is 4.79 Å². The summed E-state index contributed by atoms with van der Waals surface area (Å²) in [5.74, 6) is 1.42. The largest absolute Gasteiger partial charge is 0.294 e. The Morgan fingerprint density at radius 2 is 2.06 bits per heavy atom. The normalized spacial score (nSPS) is 24.6. The van der Waals surface area contributed by atoms with Gasteiger partial charge in [0, 0.05) is 23.4 Å². The second-order valence-electron chi connectivity index (χ2n) is 5.18. The minimum Gasteiger partial charge on any atom is -0.294 e. The van der Waals surface area contributed by atoms with Crippen molar-refractivity contribution in [2.75, 3.05) is 0 Å². The van der Waals surface area contributed by atoms with Crippen molar-refractivity contribution >= 4 is 5.78 Å². The Morgan fingerprint density at radius 3 is 2.65 bits per heavy atom. The summed E-state index contributed by atoms with van der Waals surface area (Å²) < 4.78 is 0. The summed E-state index contributed by atoms with van der Waals surface area (Å²) in [7, 11) is 0. The van der Waals surface area contributed by atoms with Gasteiger partial charge in [-0.3, -0.25) is 9.78 Å². The van der Waals surface area contributed by atoms with Crippen molar-refractivity contribution in [1.29, 1.82) is 0 Å². The Labute approximate surface area is 103 Å². The van der Waals surface area contributed by atoms with Crippen molar-refractivity contribution in [1.82, 2.24) is 4.98 Å². The fraction of sp³-hybridized carbons (Fsp3) is 0.600. The van der Waals surface area contributed by atoms with E-state index in [1.165, 1.54) is 19.3 Å². The molecule has 1 saturated carbocycles. The molecule has 1 aliphatic rings. The first-order valence-corrected chi connectivity index (χ1v) is 6.67. The Kier molecular flexibility index (Phi) is 3.93. The lowest BCUT2D eigenvalue weighted by atomic mass is 9.78. The first-order chi connectivity index (χ1) is 8.20. The molecular formula is C15H21NO. The molecule has 1 aromatic rings. The van der Waals surface area contributed by atoms with Gasteiger partial charge in [-0.1, -0.05) is 13.3 Å². The molecule has 0 aromatic carbocycles. The number of carbonyl (C=O) groups excluding carboxylic acids is 1. The van der Waals surface area contributed by atoms with E-state index in [0.29, 0.717) is 5.78 Å². The monoisotopic (exact) mass is 231 g/mol. The van der Waals surface area contributed by atoms with Gasteiger partial charge >= 0.3 is 0 Å². The third-order valence-corrected chi connectivity index (χ3v) is 3.98. The molecule has 0 spiro atoms. The van der Waals surface area contributed by atoms with Crippen LogP contribution in [-0.4, -0.2) is 10.8 Å². The molecule has 2 nitrogen and oxygen atoms in total. The zero-order valence-electron chi connectivity index (χ0n) is 10.8. The number of aromatic nitrogens is 1. The average molecular weight is 231 g/mol. The summed E-state index contributed by atoms with van der Waals surface area (Å²) in [4.78, 5) is 16.5. The molecule has 1 aromatic heterocycles. The van der Waals surface area contributed by atoms with E-state index < -0.39 is 0 Å². The zero-order chi connectivity index (χ0) is 12.3. The lowest BCUT2D eigenvalue weighted by molar-refractivity contribution is 0.0871. The van der Waals surface area contributed by atoms with Gasteiger partial charge in [0.05, 0.1) is 0 Å². The molecule has 0 bridgehead atoms. The maximum Gasteiger partial charge on any atom is 0.166 e. The molecule has 1 fully saturated rings.